The summed E-state index contributed by atoms with van der Waals surface area (Å²) in [6.45, 7) is 0. The van der Waals surface area contributed by atoms with Gasteiger partial charge in [0.1, 0.15) is 5.84 Å². The van der Waals surface area contributed by atoms with Crippen molar-refractivity contribution >= 4 is 39.9 Å². The first-order valence-electron chi connectivity index (χ1n) is 8.69. The second kappa shape index (κ2) is 8.19. The zero-order valence-electron chi connectivity index (χ0n) is 14.4. The summed E-state index contributed by atoms with van der Waals surface area (Å²) >= 11 is 6.02. The number of nitrogens with zero attached hydrogens (tertiary/aromatic N) is 2. The number of amidine groups is 1. The van der Waals surface area contributed by atoms with E-state index >= 15 is 0 Å². The molecule has 0 bridgehead atoms. The normalized spacial score (nSPS) is 16.7. The average Bonchev–Trinajstić information content (AvgIpc) is 2.62. The van der Waals surface area contributed by atoms with Crippen LogP contribution in [0.5, 0.6) is 0 Å². The van der Waals surface area contributed by atoms with E-state index in [4.69, 9.17) is 23.1 Å². The van der Waals surface area contributed by atoms with E-state index in [0.717, 1.165) is 23.7 Å². The molecule has 5 N–H and O–H groups in total. The number of primary amides is 1. The van der Waals surface area contributed by atoms with Crippen molar-refractivity contribution in [3.8, 4) is 0 Å². The van der Waals surface area contributed by atoms with Gasteiger partial charge >= 0.3 is 0 Å². The smallest absolute Gasteiger partial charge is 0.253 e. The number of carbonyl (C=O) groups is 1. The molecule has 7 heteroatoms. The topological polar surface area (TPSA) is 106 Å². The fourth-order valence-corrected chi connectivity index (χ4v) is 3.27. The van der Waals surface area contributed by atoms with Gasteiger partial charge in [-0.05, 0) is 37.1 Å². The monoisotopic (exact) mass is 371 g/mol. The van der Waals surface area contributed by atoms with Crippen LogP contribution in [0.3, 0.4) is 0 Å². The van der Waals surface area contributed by atoms with Gasteiger partial charge in [0, 0.05) is 22.7 Å². The predicted octanol–water partition coefficient (Wildman–Crippen LogP) is 3.17. The van der Waals surface area contributed by atoms with Gasteiger partial charge in [0.25, 0.3) is 5.91 Å². The molecule has 2 aromatic rings. The van der Waals surface area contributed by atoms with Crippen molar-refractivity contribution in [2.75, 3.05) is 0 Å². The van der Waals surface area contributed by atoms with E-state index in [1.165, 1.54) is 19.3 Å². The average molecular weight is 372 g/mol. The third kappa shape index (κ3) is 4.52. The number of nitrogens with one attached hydrogen (secondary N) is 1. The second-order valence-electron chi connectivity index (χ2n) is 6.45. The Morgan fingerprint density at radius 1 is 1.23 bits per heavy atom. The van der Waals surface area contributed by atoms with Crippen molar-refractivity contribution in [1.29, 1.82) is 0 Å². The SMILES string of the molecule is NC(=O)/C(=C/NC1CCCCC1)C(N)=Nc1cnc2ccc(Cl)cc2c1. The van der Waals surface area contributed by atoms with Gasteiger partial charge in [0.05, 0.1) is 23.0 Å². The van der Waals surface area contributed by atoms with Crippen molar-refractivity contribution < 1.29 is 4.79 Å². The molecule has 1 aliphatic carbocycles. The maximum atomic E-state index is 11.8. The van der Waals surface area contributed by atoms with E-state index in [2.05, 4.69) is 15.3 Å². The number of rotatable bonds is 5. The van der Waals surface area contributed by atoms with Crippen molar-refractivity contribution in [2.45, 2.75) is 38.1 Å². The molecule has 3 rings (SSSR count). The summed E-state index contributed by atoms with van der Waals surface area (Å²) in [5, 5.41) is 4.71. The van der Waals surface area contributed by atoms with Crippen LogP contribution in [0.1, 0.15) is 32.1 Å². The number of benzene rings is 1. The van der Waals surface area contributed by atoms with Crippen LogP contribution in [0.2, 0.25) is 5.02 Å². The molecule has 0 unspecified atom stereocenters. The highest BCUT2D eigenvalue weighted by molar-refractivity contribution is 6.31. The number of aliphatic imine (C=N–C) groups is 1. The summed E-state index contributed by atoms with van der Waals surface area (Å²) in [6.07, 6.45) is 8.97. The molecule has 0 spiro atoms. The molecular formula is C19H22ClN5O. The summed E-state index contributed by atoms with van der Waals surface area (Å²) in [6, 6.07) is 7.56. The summed E-state index contributed by atoms with van der Waals surface area (Å²) in [7, 11) is 0. The molecular weight excluding hydrogens is 350 g/mol. The van der Waals surface area contributed by atoms with E-state index in [0.29, 0.717) is 16.8 Å². The summed E-state index contributed by atoms with van der Waals surface area (Å²) in [5.41, 5.74) is 13.0. The van der Waals surface area contributed by atoms with Gasteiger partial charge in [-0.15, -0.1) is 0 Å². The number of hydrogen-bond acceptors (Lipinski definition) is 4. The van der Waals surface area contributed by atoms with E-state index in [-0.39, 0.29) is 11.4 Å². The first kappa shape index (κ1) is 18.2. The number of fused-ring (bicyclic) bond motifs is 1. The zero-order valence-corrected chi connectivity index (χ0v) is 15.2. The minimum Gasteiger partial charge on any atom is -0.387 e. The van der Waals surface area contributed by atoms with Crippen LogP contribution in [0.15, 0.2) is 47.2 Å². The van der Waals surface area contributed by atoms with Crippen molar-refractivity contribution in [3.63, 3.8) is 0 Å². The van der Waals surface area contributed by atoms with Crippen LogP contribution in [-0.2, 0) is 4.79 Å². The molecule has 1 amide bonds. The summed E-state index contributed by atoms with van der Waals surface area (Å²) < 4.78 is 0. The fraction of sp³-hybridized carbons (Fsp3) is 0.316. The largest absolute Gasteiger partial charge is 0.387 e. The zero-order chi connectivity index (χ0) is 18.5. The number of hydrogen-bond donors (Lipinski definition) is 3. The van der Waals surface area contributed by atoms with E-state index in [9.17, 15) is 4.79 Å². The molecule has 136 valence electrons. The Balaban J connectivity index is 1.83. The number of pyridine rings is 1. The van der Waals surface area contributed by atoms with Crippen molar-refractivity contribution in [2.24, 2.45) is 16.5 Å². The first-order valence-corrected chi connectivity index (χ1v) is 9.06. The minimum absolute atomic E-state index is 0.0592. The van der Waals surface area contributed by atoms with E-state index in [1.807, 2.05) is 12.1 Å². The van der Waals surface area contributed by atoms with Gasteiger partial charge in [0.2, 0.25) is 0 Å². The van der Waals surface area contributed by atoms with Crippen LogP contribution in [0, 0.1) is 0 Å². The van der Waals surface area contributed by atoms with E-state index < -0.39 is 5.91 Å². The minimum atomic E-state index is -0.619. The van der Waals surface area contributed by atoms with Crippen LogP contribution in [0.25, 0.3) is 10.9 Å². The van der Waals surface area contributed by atoms with Gasteiger partial charge in [-0.1, -0.05) is 30.9 Å². The maximum Gasteiger partial charge on any atom is 0.253 e. The molecule has 1 aliphatic rings. The molecule has 1 heterocycles. The van der Waals surface area contributed by atoms with Crippen LogP contribution >= 0.6 is 11.6 Å². The molecule has 0 atom stereocenters. The number of halogens is 1. The third-order valence-corrected chi connectivity index (χ3v) is 4.72. The molecule has 1 aromatic carbocycles. The quantitative estimate of drug-likeness (QED) is 0.426. The fourth-order valence-electron chi connectivity index (χ4n) is 3.09. The van der Waals surface area contributed by atoms with Crippen molar-refractivity contribution in [3.05, 3.63) is 47.3 Å². The molecule has 1 aromatic heterocycles. The molecule has 1 fully saturated rings. The lowest BCUT2D eigenvalue weighted by atomic mass is 9.95. The maximum absolute atomic E-state index is 11.8. The Labute approximate surface area is 157 Å². The molecule has 0 saturated heterocycles. The second-order valence-corrected chi connectivity index (χ2v) is 6.89. The van der Waals surface area contributed by atoms with Crippen molar-refractivity contribution in [1.82, 2.24) is 10.3 Å². The Hall–Kier alpha value is -2.60. The third-order valence-electron chi connectivity index (χ3n) is 4.49. The van der Waals surface area contributed by atoms with Gasteiger partial charge in [-0.2, -0.15) is 0 Å². The highest BCUT2D eigenvalue weighted by Crippen LogP contribution is 2.22. The molecule has 0 radical (unpaired) electrons. The van der Waals surface area contributed by atoms with E-state index in [1.54, 1.807) is 24.5 Å². The highest BCUT2D eigenvalue weighted by atomic mass is 35.5. The van der Waals surface area contributed by atoms with Gasteiger partial charge in [0.15, 0.2) is 0 Å². The summed E-state index contributed by atoms with van der Waals surface area (Å²) in [4.78, 5) is 20.4. The molecule has 0 aliphatic heterocycles. The highest BCUT2D eigenvalue weighted by Gasteiger charge is 2.14. The van der Waals surface area contributed by atoms with Crippen LogP contribution in [0.4, 0.5) is 5.69 Å². The Bertz CT molecular complexity index is 871. The number of aromatic nitrogens is 1. The molecule has 1 saturated carbocycles. The lowest BCUT2D eigenvalue weighted by Gasteiger charge is -2.22. The predicted molar refractivity (Wildman–Crippen MR) is 105 cm³/mol. The molecule has 6 nitrogen and oxygen atoms in total. The number of carbonyl (C=O) groups excluding carboxylic acids is 1. The summed E-state index contributed by atoms with van der Waals surface area (Å²) in [5.74, 6) is -0.560. The Morgan fingerprint density at radius 2 is 2.00 bits per heavy atom. The van der Waals surface area contributed by atoms with Crippen LogP contribution in [-0.4, -0.2) is 22.8 Å². The molecule has 26 heavy (non-hydrogen) atoms. The standard InChI is InChI=1S/C19H22ClN5O/c20-13-6-7-17-12(8-13)9-15(10-24-17)25-18(21)16(19(22)26)11-23-14-4-2-1-3-5-14/h6-11,14,23H,1-5H2,(H2,21,25)(H2,22,26)/b16-11+. The lowest BCUT2D eigenvalue weighted by Crippen LogP contribution is -2.32. The number of amides is 1. The lowest BCUT2D eigenvalue weighted by molar-refractivity contribution is -0.114. The Kier molecular flexibility index (Phi) is 5.73. The van der Waals surface area contributed by atoms with Gasteiger partial charge in [-0.3, -0.25) is 9.78 Å². The number of nitrogens with two attached hydrogens (primary N) is 2. The first-order chi connectivity index (χ1) is 12.5. The van der Waals surface area contributed by atoms with Gasteiger partial charge in [-0.25, -0.2) is 4.99 Å². The van der Waals surface area contributed by atoms with Crippen LogP contribution < -0.4 is 16.8 Å². The van der Waals surface area contributed by atoms with Gasteiger partial charge < -0.3 is 16.8 Å². The Morgan fingerprint density at radius 3 is 2.73 bits per heavy atom.